The van der Waals surface area contributed by atoms with Crippen molar-refractivity contribution in [2.75, 3.05) is 14.1 Å². The van der Waals surface area contributed by atoms with Crippen LogP contribution >= 0.6 is 0 Å². The molecule has 0 aliphatic rings. The van der Waals surface area contributed by atoms with Crippen molar-refractivity contribution in [3.05, 3.63) is 0 Å². The minimum Gasteiger partial charge on any atom is -0.307 e. The molecule has 0 heterocycles. The summed E-state index contributed by atoms with van der Waals surface area (Å²) in [4.78, 5) is 4.92. The molecule has 2 nitrogen and oxygen atoms in total. The van der Waals surface area contributed by atoms with Gasteiger partial charge in [0.2, 0.25) is 0 Å². The summed E-state index contributed by atoms with van der Waals surface area (Å²) in [6.07, 6.45) is 2.57. The molecule has 0 aromatic heterocycles. The quantitative estimate of drug-likeness (QED) is 0.660. The Balaban J connectivity index is 4.16. The molecular weight excluding hydrogens is 196 g/mol. The normalized spacial score (nSPS) is 16.5. The van der Waals surface area contributed by atoms with Gasteiger partial charge in [0.15, 0.2) is 0 Å². The lowest BCUT2D eigenvalue weighted by molar-refractivity contribution is 0.109. The van der Waals surface area contributed by atoms with Gasteiger partial charge in [0.25, 0.3) is 0 Å². The number of nitrogens with zero attached hydrogens (tertiary/aromatic N) is 2. The fourth-order valence-corrected chi connectivity index (χ4v) is 2.50. The minimum atomic E-state index is 0.643. The molecule has 0 aliphatic carbocycles. The summed E-state index contributed by atoms with van der Waals surface area (Å²) >= 11 is 0. The van der Waals surface area contributed by atoms with Gasteiger partial charge in [-0.15, -0.1) is 0 Å². The first-order chi connectivity index (χ1) is 7.27. The van der Waals surface area contributed by atoms with Crippen molar-refractivity contribution in [2.45, 2.75) is 78.6 Å². The SMILES string of the molecule is CC(CCC(C)N(C(C)C)C(C)C)N(C)C. The summed E-state index contributed by atoms with van der Waals surface area (Å²) in [6.45, 7) is 13.9. The van der Waals surface area contributed by atoms with Crippen LogP contribution in [0.4, 0.5) is 0 Å². The third-order valence-electron chi connectivity index (χ3n) is 3.59. The van der Waals surface area contributed by atoms with Crippen LogP contribution in [0.5, 0.6) is 0 Å². The molecule has 0 radical (unpaired) electrons. The van der Waals surface area contributed by atoms with Crippen LogP contribution in [-0.4, -0.2) is 48.1 Å². The lowest BCUT2D eigenvalue weighted by Crippen LogP contribution is -2.44. The Morgan fingerprint density at radius 2 is 1.06 bits per heavy atom. The highest BCUT2D eigenvalue weighted by Crippen LogP contribution is 2.16. The zero-order chi connectivity index (χ0) is 12.9. The van der Waals surface area contributed by atoms with E-state index < -0.39 is 0 Å². The first kappa shape index (κ1) is 15.9. The summed E-state index contributed by atoms with van der Waals surface area (Å²) in [6, 6.07) is 2.65. The molecule has 0 bridgehead atoms. The van der Waals surface area contributed by atoms with Gasteiger partial charge in [0, 0.05) is 24.2 Å². The van der Waals surface area contributed by atoms with Crippen molar-refractivity contribution in [1.82, 2.24) is 9.80 Å². The van der Waals surface area contributed by atoms with E-state index >= 15 is 0 Å². The second kappa shape index (κ2) is 7.29. The lowest BCUT2D eigenvalue weighted by atomic mass is 10.0. The molecule has 2 atom stereocenters. The summed E-state index contributed by atoms with van der Waals surface area (Å²) in [5.74, 6) is 0. The van der Waals surface area contributed by atoms with Gasteiger partial charge < -0.3 is 4.90 Å². The van der Waals surface area contributed by atoms with Crippen LogP contribution in [0.2, 0.25) is 0 Å². The van der Waals surface area contributed by atoms with Crippen LogP contribution in [0.15, 0.2) is 0 Å². The summed E-state index contributed by atoms with van der Waals surface area (Å²) in [5, 5.41) is 0. The van der Waals surface area contributed by atoms with E-state index in [0.29, 0.717) is 24.2 Å². The zero-order valence-electron chi connectivity index (χ0n) is 12.6. The van der Waals surface area contributed by atoms with Gasteiger partial charge in [0.05, 0.1) is 0 Å². The summed E-state index contributed by atoms with van der Waals surface area (Å²) < 4.78 is 0. The largest absolute Gasteiger partial charge is 0.307 e. The number of hydrogen-bond donors (Lipinski definition) is 0. The highest BCUT2D eigenvalue weighted by atomic mass is 15.2. The maximum absolute atomic E-state index is 2.61. The van der Waals surface area contributed by atoms with Crippen LogP contribution in [0.3, 0.4) is 0 Å². The molecule has 2 unspecified atom stereocenters. The monoisotopic (exact) mass is 228 g/mol. The molecule has 0 aromatic rings. The Labute approximate surface area is 103 Å². The molecule has 0 fully saturated rings. The molecule has 98 valence electrons. The Morgan fingerprint density at radius 1 is 0.688 bits per heavy atom. The molecular formula is C14H32N2. The van der Waals surface area contributed by atoms with Gasteiger partial charge in [-0.25, -0.2) is 0 Å². The molecule has 0 aliphatic heterocycles. The highest BCUT2D eigenvalue weighted by molar-refractivity contribution is 4.76. The third kappa shape index (κ3) is 5.31. The predicted octanol–water partition coefficient (Wildman–Crippen LogP) is 3.22. The standard InChI is InChI=1S/C14H32N2/c1-11(2)16(12(3)4)14(6)10-9-13(5)15(7)8/h11-14H,9-10H2,1-8H3. The second-order valence-corrected chi connectivity index (χ2v) is 5.87. The fourth-order valence-electron chi connectivity index (χ4n) is 2.50. The molecule has 0 amide bonds. The van der Waals surface area contributed by atoms with E-state index in [9.17, 15) is 0 Å². The Kier molecular flexibility index (Phi) is 7.25. The molecule has 0 saturated carbocycles. The third-order valence-corrected chi connectivity index (χ3v) is 3.59. The lowest BCUT2D eigenvalue weighted by Gasteiger charge is -2.37. The van der Waals surface area contributed by atoms with Crippen LogP contribution < -0.4 is 0 Å². The van der Waals surface area contributed by atoms with E-state index in [1.807, 2.05) is 0 Å². The summed E-state index contributed by atoms with van der Waals surface area (Å²) in [5.41, 5.74) is 0. The van der Waals surface area contributed by atoms with Crippen molar-refractivity contribution >= 4 is 0 Å². The maximum Gasteiger partial charge on any atom is 0.00729 e. The van der Waals surface area contributed by atoms with Gasteiger partial charge in [-0.3, -0.25) is 4.90 Å². The van der Waals surface area contributed by atoms with Gasteiger partial charge in [0.1, 0.15) is 0 Å². The van der Waals surface area contributed by atoms with E-state index in [2.05, 4.69) is 65.4 Å². The molecule has 0 aromatic carbocycles. The van der Waals surface area contributed by atoms with E-state index in [4.69, 9.17) is 0 Å². The number of hydrogen-bond acceptors (Lipinski definition) is 2. The van der Waals surface area contributed by atoms with Gasteiger partial charge in [-0.05, 0) is 68.5 Å². The molecule has 16 heavy (non-hydrogen) atoms. The van der Waals surface area contributed by atoms with Crippen molar-refractivity contribution in [2.24, 2.45) is 0 Å². The van der Waals surface area contributed by atoms with Crippen molar-refractivity contribution < 1.29 is 0 Å². The highest BCUT2D eigenvalue weighted by Gasteiger charge is 2.20. The van der Waals surface area contributed by atoms with Gasteiger partial charge >= 0.3 is 0 Å². The number of rotatable bonds is 7. The minimum absolute atomic E-state index is 0.643. The topological polar surface area (TPSA) is 6.48 Å². The van der Waals surface area contributed by atoms with E-state index in [1.165, 1.54) is 12.8 Å². The van der Waals surface area contributed by atoms with Crippen molar-refractivity contribution in [3.8, 4) is 0 Å². The smallest absolute Gasteiger partial charge is 0.00729 e. The first-order valence-corrected chi connectivity index (χ1v) is 6.71. The van der Waals surface area contributed by atoms with Crippen molar-refractivity contribution in [1.29, 1.82) is 0 Å². The van der Waals surface area contributed by atoms with Gasteiger partial charge in [-0.1, -0.05) is 0 Å². The first-order valence-electron chi connectivity index (χ1n) is 6.71. The molecule has 2 heteroatoms. The van der Waals surface area contributed by atoms with Gasteiger partial charge in [-0.2, -0.15) is 0 Å². The Bertz CT molecular complexity index is 168. The van der Waals surface area contributed by atoms with E-state index in [-0.39, 0.29) is 0 Å². The molecule has 0 saturated heterocycles. The average molecular weight is 228 g/mol. The summed E-state index contributed by atoms with van der Waals surface area (Å²) in [7, 11) is 4.33. The van der Waals surface area contributed by atoms with E-state index in [0.717, 1.165) is 0 Å². The molecule has 0 spiro atoms. The second-order valence-electron chi connectivity index (χ2n) is 5.87. The maximum atomic E-state index is 2.61. The van der Waals surface area contributed by atoms with Crippen LogP contribution in [0.25, 0.3) is 0 Å². The zero-order valence-corrected chi connectivity index (χ0v) is 12.6. The Morgan fingerprint density at radius 3 is 1.38 bits per heavy atom. The molecule has 0 rings (SSSR count). The average Bonchev–Trinajstić information content (AvgIpc) is 2.12. The van der Waals surface area contributed by atoms with Crippen LogP contribution in [0, 0.1) is 0 Å². The van der Waals surface area contributed by atoms with Crippen molar-refractivity contribution in [3.63, 3.8) is 0 Å². The van der Waals surface area contributed by atoms with E-state index in [1.54, 1.807) is 0 Å². The Hall–Kier alpha value is -0.0800. The van der Waals surface area contributed by atoms with Crippen LogP contribution in [0.1, 0.15) is 54.4 Å². The van der Waals surface area contributed by atoms with Crippen LogP contribution in [-0.2, 0) is 0 Å². The predicted molar refractivity (Wildman–Crippen MR) is 74.0 cm³/mol. The molecule has 0 N–H and O–H groups in total. The fraction of sp³-hybridized carbons (Fsp3) is 1.00.